The zero-order valence-corrected chi connectivity index (χ0v) is 9.44. The van der Waals surface area contributed by atoms with Crippen molar-refractivity contribution in [2.45, 2.75) is 19.3 Å². The van der Waals surface area contributed by atoms with Gasteiger partial charge in [0.05, 0.1) is 5.75 Å². The third-order valence-corrected chi connectivity index (χ3v) is 4.78. The number of nitrogens with zero attached hydrogens (tertiary/aromatic N) is 1. The van der Waals surface area contributed by atoms with E-state index in [0.29, 0.717) is 12.5 Å². The van der Waals surface area contributed by atoms with Gasteiger partial charge >= 0.3 is 0 Å². The van der Waals surface area contributed by atoms with Crippen LogP contribution in [0.5, 0.6) is 0 Å². The minimum atomic E-state index is -3.08. The fourth-order valence-electron chi connectivity index (χ4n) is 1.41. The van der Waals surface area contributed by atoms with E-state index in [9.17, 15) is 8.42 Å². The zero-order valence-electron chi connectivity index (χ0n) is 7.87. The molecule has 0 N–H and O–H groups in total. The fourth-order valence-corrected chi connectivity index (χ4v) is 2.94. The molecule has 0 saturated heterocycles. The summed E-state index contributed by atoms with van der Waals surface area (Å²) in [5.41, 5.74) is 0. The lowest BCUT2D eigenvalue weighted by atomic mass is 9.86. The maximum absolute atomic E-state index is 11.4. The lowest BCUT2D eigenvalue weighted by molar-refractivity contribution is 0.263. The molecule has 0 amide bonds. The molecule has 0 aromatic carbocycles. The lowest BCUT2D eigenvalue weighted by Gasteiger charge is -2.29. The predicted molar refractivity (Wildman–Crippen MR) is 54.5 cm³/mol. The molecule has 1 aliphatic rings. The molecule has 0 bridgehead atoms. The summed E-state index contributed by atoms with van der Waals surface area (Å²) in [6, 6.07) is 0. The van der Waals surface area contributed by atoms with Gasteiger partial charge in [-0.05, 0) is 18.8 Å². The molecule has 1 fully saturated rings. The van der Waals surface area contributed by atoms with Gasteiger partial charge in [-0.1, -0.05) is 6.42 Å². The van der Waals surface area contributed by atoms with E-state index >= 15 is 0 Å². The van der Waals surface area contributed by atoms with Crippen LogP contribution in [0, 0.1) is 5.92 Å². The third kappa shape index (κ3) is 3.11. The minimum Gasteiger partial charge on any atom is -0.212 e. The zero-order chi connectivity index (χ0) is 9.90. The summed E-state index contributed by atoms with van der Waals surface area (Å²) < 4.78 is 24.3. The van der Waals surface area contributed by atoms with E-state index in [0.717, 1.165) is 0 Å². The van der Waals surface area contributed by atoms with Crippen molar-refractivity contribution in [3.05, 3.63) is 0 Å². The summed E-state index contributed by atoms with van der Waals surface area (Å²) in [4.78, 5) is 0. The Hall–Kier alpha value is 0.200. The van der Waals surface area contributed by atoms with E-state index in [1.807, 2.05) is 0 Å². The molecule has 0 radical (unpaired) electrons. The maximum atomic E-state index is 11.4. The van der Waals surface area contributed by atoms with Gasteiger partial charge in [0.25, 0.3) is 0 Å². The van der Waals surface area contributed by atoms with Crippen LogP contribution in [0.25, 0.3) is 0 Å². The normalized spacial score (nSPS) is 19.0. The minimum absolute atomic E-state index is 0.0533. The molecular formula is C8H16ClNO2S. The van der Waals surface area contributed by atoms with Gasteiger partial charge in [-0.25, -0.2) is 12.7 Å². The third-order valence-electron chi connectivity index (χ3n) is 2.55. The SMILES string of the molecule is CN(CC1CCC1)S(=O)(=O)CCCl. The first-order chi connectivity index (χ1) is 6.06. The number of rotatable bonds is 5. The van der Waals surface area contributed by atoms with Gasteiger partial charge < -0.3 is 0 Å². The largest absolute Gasteiger partial charge is 0.215 e. The number of hydrogen-bond donors (Lipinski definition) is 0. The first-order valence-corrected chi connectivity index (χ1v) is 6.70. The molecule has 1 rings (SSSR count). The molecule has 0 heterocycles. The maximum Gasteiger partial charge on any atom is 0.215 e. The standard InChI is InChI=1S/C8H16ClNO2S/c1-10(7-8-3-2-4-8)13(11,12)6-5-9/h8H,2-7H2,1H3. The van der Waals surface area contributed by atoms with Crippen molar-refractivity contribution in [1.29, 1.82) is 0 Å². The smallest absolute Gasteiger partial charge is 0.212 e. The van der Waals surface area contributed by atoms with Gasteiger partial charge in [0, 0.05) is 19.5 Å². The van der Waals surface area contributed by atoms with E-state index < -0.39 is 10.0 Å². The molecule has 13 heavy (non-hydrogen) atoms. The Morgan fingerprint density at radius 3 is 2.46 bits per heavy atom. The number of hydrogen-bond acceptors (Lipinski definition) is 2. The van der Waals surface area contributed by atoms with Crippen molar-refractivity contribution in [2.24, 2.45) is 5.92 Å². The van der Waals surface area contributed by atoms with Gasteiger partial charge in [-0.3, -0.25) is 0 Å². The first kappa shape index (κ1) is 11.3. The van der Waals surface area contributed by atoms with E-state index in [-0.39, 0.29) is 11.6 Å². The Kier molecular flexibility index (Phi) is 4.01. The highest BCUT2D eigenvalue weighted by atomic mass is 35.5. The van der Waals surface area contributed by atoms with Gasteiger partial charge in [-0.15, -0.1) is 11.6 Å². The number of sulfonamides is 1. The van der Waals surface area contributed by atoms with Crippen molar-refractivity contribution < 1.29 is 8.42 Å². The fraction of sp³-hybridized carbons (Fsp3) is 1.00. The molecule has 0 unspecified atom stereocenters. The first-order valence-electron chi connectivity index (χ1n) is 4.56. The number of alkyl halides is 1. The summed E-state index contributed by atoms with van der Waals surface area (Å²) in [6.45, 7) is 0.666. The molecule has 0 aliphatic heterocycles. The Morgan fingerprint density at radius 1 is 1.46 bits per heavy atom. The average molecular weight is 226 g/mol. The molecular weight excluding hydrogens is 210 g/mol. The van der Waals surface area contributed by atoms with Crippen molar-refractivity contribution >= 4 is 21.6 Å². The van der Waals surface area contributed by atoms with Crippen LogP contribution in [-0.2, 0) is 10.0 Å². The van der Waals surface area contributed by atoms with Crippen LogP contribution in [0.4, 0.5) is 0 Å². The molecule has 0 aromatic rings. The summed E-state index contributed by atoms with van der Waals surface area (Å²) in [6.07, 6.45) is 3.58. The van der Waals surface area contributed by atoms with E-state index in [2.05, 4.69) is 0 Å². The lowest BCUT2D eigenvalue weighted by Crippen LogP contribution is -2.36. The van der Waals surface area contributed by atoms with Crippen molar-refractivity contribution in [1.82, 2.24) is 4.31 Å². The highest BCUT2D eigenvalue weighted by molar-refractivity contribution is 7.89. The van der Waals surface area contributed by atoms with Crippen LogP contribution in [0.3, 0.4) is 0 Å². The van der Waals surface area contributed by atoms with E-state index in [4.69, 9.17) is 11.6 Å². The van der Waals surface area contributed by atoms with Crippen LogP contribution >= 0.6 is 11.6 Å². The highest BCUT2D eigenvalue weighted by Gasteiger charge is 2.24. The molecule has 1 saturated carbocycles. The van der Waals surface area contributed by atoms with Crippen LogP contribution in [-0.4, -0.2) is 37.9 Å². The van der Waals surface area contributed by atoms with Gasteiger partial charge in [0.15, 0.2) is 0 Å². The second-order valence-electron chi connectivity index (χ2n) is 3.58. The van der Waals surface area contributed by atoms with Crippen LogP contribution in [0.1, 0.15) is 19.3 Å². The van der Waals surface area contributed by atoms with E-state index in [1.54, 1.807) is 7.05 Å². The summed E-state index contributed by atoms with van der Waals surface area (Å²) in [5.74, 6) is 0.810. The molecule has 78 valence electrons. The molecule has 0 aromatic heterocycles. The molecule has 3 nitrogen and oxygen atoms in total. The van der Waals surface area contributed by atoms with Crippen molar-refractivity contribution in [2.75, 3.05) is 25.2 Å². The topological polar surface area (TPSA) is 37.4 Å². The predicted octanol–water partition coefficient (Wildman–Crippen LogP) is 1.29. The molecule has 5 heteroatoms. The average Bonchev–Trinajstić information content (AvgIpc) is 1.96. The van der Waals surface area contributed by atoms with E-state index in [1.165, 1.54) is 23.6 Å². The quantitative estimate of drug-likeness (QED) is 0.662. The number of halogens is 1. The Labute approximate surface area is 85.1 Å². The summed E-state index contributed by atoms with van der Waals surface area (Å²) >= 11 is 5.41. The molecule has 0 spiro atoms. The van der Waals surface area contributed by atoms with Gasteiger partial charge in [-0.2, -0.15) is 0 Å². The second kappa shape index (κ2) is 4.62. The summed E-state index contributed by atoms with van der Waals surface area (Å²) in [7, 11) is -1.44. The second-order valence-corrected chi connectivity index (χ2v) is 6.16. The summed E-state index contributed by atoms with van der Waals surface area (Å²) in [5, 5.41) is 0. The van der Waals surface area contributed by atoms with Gasteiger partial charge in [0.2, 0.25) is 10.0 Å². The van der Waals surface area contributed by atoms with Crippen LogP contribution in [0.15, 0.2) is 0 Å². The Bertz CT molecular complexity index is 249. The monoisotopic (exact) mass is 225 g/mol. The van der Waals surface area contributed by atoms with Crippen molar-refractivity contribution in [3.8, 4) is 0 Å². The molecule has 1 aliphatic carbocycles. The molecule has 0 atom stereocenters. The van der Waals surface area contributed by atoms with Gasteiger partial charge in [0.1, 0.15) is 0 Å². The van der Waals surface area contributed by atoms with Crippen LogP contribution < -0.4 is 0 Å². The highest BCUT2D eigenvalue weighted by Crippen LogP contribution is 2.27. The van der Waals surface area contributed by atoms with Crippen molar-refractivity contribution in [3.63, 3.8) is 0 Å². The Morgan fingerprint density at radius 2 is 2.08 bits per heavy atom. The van der Waals surface area contributed by atoms with Crippen LogP contribution in [0.2, 0.25) is 0 Å². The Balaban J connectivity index is 2.40.